The third kappa shape index (κ3) is 5.19. The number of alkyl halides is 6. The highest BCUT2D eigenvalue weighted by atomic mass is 32.1. The maximum Gasteiger partial charge on any atom is 0.416 e. The summed E-state index contributed by atoms with van der Waals surface area (Å²) in [5, 5.41) is 4.29. The zero-order valence-corrected chi connectivity index (χ0v) is 13.5. The lowest BCUT2D eigenvalue weighted by atomic mass is 10.1. The van der Waals surface area contributed by atoms with Crippen LogP contribution < -0.4 is 10.6 Å². The zero-order chi connectivity index (χ0) is 19.5. The molecule has 138 valence electrons. The normalized spacial score (nSPS) is 11.8. The van der Waals surface area contributed by atoms with Crippen molar-refractivity contribution in [1.82, 2.24) is 5.32 Å². The number of anilines is 1. The van der Waals surface area contributed by atoms with Gasteiger partial charge in [-0.3, -0.25) is 10.1 Å². The molecule has 0 atom stereocenters. The van der Waals surface area contributed by atoms with Crippen molar-refractivity contribution in [3.05, 3.63) is 65.2 Å². The van der Waals surface area contributed by atoms with Gasteiger partial charge in [0, 0.05) is 11.3 Å². The molecule has 0 fully saturated rings. The van der Waals surface area contributed by atoms with E-state index in [-0.39, 0.29) is 16.4 Å². The highest BCUT2D eigenvalue weighted by molar-refractivity contribution is 7.80. The molecule has 0 bridgehead atoms. The summed E-state index contributed by atoms with van der Waals surface area (Å²) in [6.07, 6.45) is -9.07. The molecule has 0 spiro atoms. The van der Waals surface area contributed by atoms with Gasteiger partial charge in [0.05, 0.1) is 11.1 Å². The fourth-order valence-corrected chi connectivity index (χ4v) is 2.13. The molecule has 0 heterocycles. The quantitative estimate of drug-likeness (QED) is 0.567. The third-order valence-electron chi connectivity index (χ3n) is 3.15. The van der Waals surface area contributed by atoms with E-state index < -0.39 is 29.4 Å². The monoisotopic (exact) mass is 392 g/mol. The molecule has 2 N–H and O–H groups in total. The minimum absolute atomic E-state index is 0.00227. The highest BCUT2D eigenvalue weighted by Gasteiger charge is 2.31. The van der Waals surface area contributed by atoms with E-state index in [0.717, 1.165) is 42.5 Å². The topological polar surface area (TPSA) is 41.1 Å². The van der Waals surface area contributed by atoms with Crippen molar-refractivity contribution in [2.75, 3.05) is 5.32 Å². The van der Waals surface area contributed by atoms with Gasteiger partial charge in [-0.2, -0.15) is 26.3 Å². The number of hydrogen-bond donors (Lipinski definition) is 2. The lowest BCUT2D eigenvalue weighted by Crippen LogP contribution is -2.34. The first-order chi connectivity index (χ1) is 12.0. The first-order valence-corrected chi connectivity index (χ1v) is 7.34. The molecule has 2 aromatic rings. The van der Waals surface area contributed by atoms with Gasteiger partial charge in [0.25, 0.3) is 5.91 Å². The summed E-state index contributed by atoms with van der Waals surface area (Å²) in [4.78, 5) is 11.9. The molecule has 0 aliphatic heterocycles. The molecule has 1 amide bonds. The van der Waals surface area contributed by atoms with Gasteiger partial charge in [-0.1, -0.05) is 6.07 Å². The molecule has 0 saturated heterocycles. The molecule has 3 nitrogen and oxygen atoms in total. The van der Waals surface area contributed by atoms with Crippen molar-refractivity contribution in [2.24, 2.45) is 0 Å². The van der Waals surface area contributed by atoms with E-state index in [1.807, 2.05) is 0 Å². The Balaban J connectivity index is 2.03. The summed E-state index contributed by atoms with van der Waals surface area (Å²) in [6, 6.07) is 7.54. The molecule has 0 unspecified atom stereocenters. The minimum atomic E-state index is -4.54. The van der Waals surface area contributed by atoms with Crippen LogP contribution >= 0.6 is 12.2 Å². The molecular formula is C16H10F6N2OS. The Labute approximate surface area is 149 Å². The van der Waals surface area contributed by atoms with Gasteiger partial charge < -0.3 is 5.32 Å². The molecule has 2 aromatic carbocycles. The smallest absolute Gasteiger partial charge is 0.332 e. The molecule has 0 aliphatic rings. The summed E-state index contributed by atoms with van der Waals surface area (Å²) in [5.74, 6) is -0.803. The molecule has 10 heteroatoms. The van der Waals surface area contributed by atoms with Crippen molar-refractivity contribution >= 4 is 28.9 Å². The van der Waals surface area contributed by atoms with Crippen molar-refractivity contribution in [3.8, 4) is 0 Å². The fraction of sp³-hybridized carbons (Fsp3) is 0.125. The Morgan fingerprint density at radius 2 is 1.42 bits per heavy atom. The largest absolute Gasteiger partial charge is 0.416 e. The van der Waals surface area contributed by atoms with Gasteiger partial charge in [-0.25, -0.2) is 0 Å². The Morgan fingerprint density at radius 1 is 0.846 bits per heavy atom. The van der Waals surface area contributed by atoms with Crippen molar-refractivity contribution in [2.45, 2.75) is 12.4 Å². The van der Waals surface area contributed by atoms with E-state index in [1.165, 1.54) is 6.07 Å². The van der Waals surface area contributed by atoms with Crippen LogP contribution in [0.15, 0.2) is 48.5 Å². The predicted molar refractivity (Wildman–Crippen MR) is 86.6 cm³/mol. The number of benzene rings is 2. The van der Waals surface area contributed by atoms with Gasteiger partial charge in [-0.05, 0) is 54.7 Å². The maximum atomic E-state index is 12.6. The van der Waals surface area contributed by atoms with Crippen LogP contribution in [-0.4, -0.2) is 11.0 Å². The Kier molecular flexibility index (Phi) is 5.55. The summed E-state index contributed by atoms with van der Waals surface area (Å²) in [5.41, 5.74) is -1.91. The Hall–Kier alpha value is -2.62. The molecule has 2 rings (SSSR count). The standard InChI is InChI=1S/C16H10F6N2OS/c17-15(18,19)10-6-4-9(5-7-10)13(25)24-14(26)23-12-3-1-2-11(8-12)16(20,21)22/h1-8H,(H2,23,24,25,26). The minimum Gasteiger partial charge on any atom is -0.332 e. The molecule has 0 radical (unpaired) electrons. The van der Waals surface area contributed by atoms with Crippen LogP contribution in [0.1, 0.15) is 21.5 Å². The number of halogens is 6. The van der Waals surface area contributed by atoms with Crippen LogP contribution in [0.2, 0.25) is 0 Å². The molecule has 26 heavy (non-hydrogen) atoms. The zero-order valence-electron chi connectivity index (χ0n) is 12.7. The van der Waals surface area contributed by atoms with Gasteiger partial charge in [0.1, 0.15) is 0 Å². The Morgan fingerprint density at radius 3 is 1.96 bits per heavy atom. The second-order valence-electron chi connectivity index (χ2n) is 5.06. The van der Waals surface area contributed by atoms with Crippen LogP contribution in [0.5, 0.6) is 0 Å². The van der Waals surface area contributed by atoms with Crippen LogP contribution in [-0.2, 0) is 12.4 Å². The summed E-state index contributed by atoms with van der Waals surface area (Å²) in [7, 11) is 0. The SMILES string of the molecule is O=C(NC(=S)Nc1cccc(C(F)(F)F)c1)c1ccc(C(F)(F)F)cc1. The van der Waals surface area contributed by atoms with Gasteiger partial charge in [0.15, 0.2) is 5.11 Å². The van der Waals surface area contributed by atoms with Crippen molar-refractivity contribution in [1.29, 1.82) is 0 Å². The number of thiocarbonyl (C=S) groups is 1. The van der Waals surface area contributed by atoms with E-state index in [2.05, 4.69) is 10.6 Å². The van der Waals surface area contributed by atoms with E-state index in [1.54, 1.807) is 0 Å². The average Bonchev–Trinajstić information content (AvgIpc) is 2.53. The lowest BCUT2D eigenvalue weighted by molar-refractivity contribution is -0.138. The average molecular weight is 392 g/mol. The molecule has 0 saturated carbocycles. The predicted octanol–water partition coefficient (Wildman–Crippen LogP) is 4.85. The first-order valence-electron chi connectivity index (χ1n) is 6.93. The summed E-state index contributed by atoms with van der Waals surface area (Å²) in [6.45, 7) is 0. The number of hydrogen-bond acceptors (Lipinski definition) is 2. The number of nitrogens with one attached hydrogen (secondary N) is 2. The van der Waals surface area contributed by atoms with Crippen LogP contribution in [0.25, 0.3) is 0 Å². The van der Waals surface area contributed by atoms with Crippen molar-refractivity contribution in [3.63, 3.8) is 0 Å². The van der Waals surface area contributed by atoms with Crippen LogP contribution in [0.4, 0.5) is 32.0 Å². The number of amides is 1. The summed E-state index contributed by atoms with van der Waals surface area (Å²) < 4.78 is 75.4. The van der Waals surface area contributed by atoms with Gasteiger partial charge >= 0.3 is 12.4 Å². The molecular weight excluding hydrogens is 382 g/mol. The summed E-state index contributed by atoms with van der Waals surface area (Å²) >= 11 is 4.83. The van der Waals surface area contributed by atoms with E-state index in [4.69, 9.17) is 12.2 Å². The van der Waals surface area contributed by atoms with E-state index in [9.17, 15) is 31.1 Å². The maximum absolute atomic E-state index is 12.6. The molecule has 0 aromatic heterocycles. The van der Waals surface area contributed by atoms with Crippen molar-refractivity contribution < 1.29 is 31.1 Å². The number of carbonyl (C=O) groups is 1. The van der Waals surface area contributed by atoms with Gasteiger partial charge in [-0.15, -0.1) is 0 Å². The number of carbonyl (C=O) groups excluding carboxylic acids is 1. The second kappa shape index (κ2) is 7.32. The Bertz CT molecular complexity index is 815. The van der Waals surface area contributed by atoms with Crippen LogP contribution in [0.3, 0.4) is 0 Å². The lowest BCUT2D eigenvalue weighted by Gasteiger charge is -2.12. The first kappa shape index (κ1) is 19.7. The van der Waals surface area contributed by atoms with Crippen LogP contribution in [0, 0.1) is 0 Å². The second-order valence-corrected chi connectivity index (χ2v) is 5.47. The molecule has 0 aliphatic carbocycles. The number of rotatable bonds is 2. The van der Waals surface area contributed by atoms with E-state index in [0.29, 0.717) is 0 Å². The third-order valence-corrected chi connectivity index (χ3v) is 3.35. The fourth-order valence-electron chi connectivity index (χ4n) is 1.92. The highest BCUT2D eigenvalue weighted by Crippen LogP contribution is 2.31. The van der Waals surface area contributed by atoms with Gasteiger partial charge in [0.2, 0.25) is 0 Å². The van der Waals surface area contributed by atoms with E-state index >= 15 is 0 Å².